The lowest BCUT2D eigenvalue weighted by Crippen LogP contribution is -2.07. The first-order valence-electron chi connectivity index (χ1n) is 5.24. The minimum absolute atomic E-state index is 0.628. The first-order valence-corrected chi connectivity index (χ1v) is 6.12. The zero-order chi connectivity index (χ0) is 11.8. The fourth-order valence-corrected chi connectivity index (χ4v) is 2.59. The van der Waals surface area contributed by atoms with E-state index in [0.717, 1.165) is 15.8 Å². The molecule has 1 atom stereocenters. The summed E-state index contributed by atoms with van der Waals surface area (Å²) in [5.41, 5.74) is 1.74. The average molecular weight is 245 g/mol. The largest absolute Gasteiger partial charge is 0.380 e. The van der Waals surface area contributed by atoms with Crippen LogP contribution in [0.3, 0.4) is 0 Å². The van der Waals surface area contributed by atoms with Gasteiger partial charge in [-0.05, 0) is 17.5 Å². The van der Waals surface area contributed by atoms with Crippen LogP contribution in [-0.4, -0.2) is 19.6 Å². The molecule has 3 rings (SSSR count). The van der Waals surface area contributed by atoms with E-state index < -0.39 is 6.10 Å². The monoisotopic (exact) mass is 245 g/mol. The third-order valence-electron chi connectivity index (χ3n) is 2.74. The third-order valence-corrected chi connectivity index (χ3v) is 3.60. The van der Waals surface area contributed by atoms with E-state index >= 15 is 0 Å². The summed E-state index contributed by atoms with van der Waals surface area (Å²) in [6.07, 6.45) is 4.47. The second-order valence-corrected chi connectivity index (χ2v) is 4.82. The highest BCUT2D eigenvalue weighted by atomic mass is 32.1. The van der Waals surface area contributed by atoms with Gasteiger partial charge in [-0.15, -0.1) is 11.3 Å². The van der Waals surface area contributed by atoms with Crippen LogP contribution in [0.2, 0.25) is 0 Å². The number of fused-ring (bicyclic) bond motifs is 1. The van der Waals surface area contributed by atoms with Crippen molar-refractivity contribution in [2.75, 3.05) is 0 Å². The van der Waals surface area contributed by atoms with E-state index in [1.165, 1.54) is 0 Å². The molecule has 3 heterocycles. The molecule has 0 spiro atoms. The quantitative estimate of drug-likeness (QED) is 0.752. The van der Waals surface area contributed by atoms with Crippen molar-refractivity contribution in [3.8, 4) is 0 Å². The van der Waals surface area contributed by atoms with Gasteiger partial charge in [0, 0.05) is 31.2 Å². The molecule has 1 N–H and O–H groups in total. The smallest absolute Gasteiger partial charge is 0.142 e. The van der Waals surface area contributed by atoms with Crippen LogP contribution in [0.5, 0.6) is 0 Å². The number of imidazole rings is 1. The Hall–Kier alpha value is -1.72. The van der Waals surface area contributed by atoms with Crippen molar-refractivity contribution >= 4 is 21.6 Å². The minimum Gasteiger partial charge on any atom is -0.380 e. The molecule has 1 unspecified atom stereocenters. The van der Waals surface area contributed by atoms with E-state index in [1.54, 1.807) is 23.7 Å². The summed E-state index contributed by atoms with van der Waals surface area (Å²) in [5.74, 6) is 0.628. The zero-order valence-electron chi connectivity index (χ0n) is 9.24. The number of thiophene rings is 1. The Morgan fingerprint density at radius 3 is 3.06 bits per heavy atom. The van der Waals surface area contributed by atoms with Gasteiger partial charge in [-0.25, -0.2) is 4.98 Å². The number of hydrogen-bond acceptors (Lipinski definition) is 4. The molecule has 0 aromatic carbocycles. The maximum absolute atomic E-state index is 10.2. The fraction of sp³-hybridized carbons (Fsp3) is 0.167. The van der Waals surface area contributed by atoms with Crippen molar-refractivity contribution in [2.24, 2.45) is 7.05 Å². The molecule has 86 valence electrons. The van der Waals surface area contributed by atoms with Crippen molar-refractivity contribution in [1.82, 2.24) is 14.5 Å². The molecule has 3 aromatic heterocycles. The average Bonchev–Trinajstić information content (AvgIpc) is 2.95. The minimum atomic E-state index is -0.728. The van der Waals surface area contributed by atoms with Gasteiger partial charge in [-0.3, -0.25) is 4.98 Å². The number of aryl methyl sites for hydroxylation is 1. The van der Waals surface area contributed by atoms with E-state index in [0.29, 0.717) is 5.82 Å². The molecule has 0 aliphatic carbocycles. The molecule has 0 fully saturated rings. The predicted octanol–water partition coefficient (Wildman–Crippen LogP) is 2.11. The zero-order valence-corrected chi connectivity index (χ0v) is 10.1. The van der Waals surface area contributed by atoms with E-state index in [-0.39, 0.29) is 0 Å². The maximum Gasteiger partial charge on any atom is 0.142 e. The topological polar surface area (TPSA) is 50.9 Å². The lowest BCUT2D eigenvalue weighted by Gasteiger charge is -2.10. The number of nitrogens with zero attached hydrogens (tertiary/aromatic N) is 3. The van der Waals surface area contributed by atoms with Gasteiger partial charge in [0.25, 0.3) is 0 Å². The molecule has 0 bridgehead atoms. The van der Waals surface area contributed by atoms with Gasteiger partial charge in [0.2, 0.25) is 0 Å². The van der Waals surface area contributed by atoms with Crippen LogP contribution < -0.4 is 0 Å². The Bertz CT molecular complexity index is 658. The molecule has 0 aliphatic rings. The molecule has 5 heteroatoms. The molecule has 0 saturated heterocycles. The van der Waals surface area contributed by atoms with E-state index in [4.69, 9.17) is 0 Å². The first kappa shape index (κ1) is 10.4. The Balaban J connectivity index is 2.06. The molecular weight excluding hydrogens is 234 g/mol. The SMILES string of the molecule is Cn1ccnc1C(O)c1cnc2ccsc2c1. The Labute approximate surface area is 102 Å². The van der Waals surface area contributed by atoms with E-state index in [1.807, 2.05) is 35.3 Å². The van der Waals surface area contributed by atoms with E-state index in [9.17, 15) is 5.11 Å². The highest BCUT2D eigenvalue weighted by molar-refractivity contribution is 7.17. The van der Waals surface area contributed by atoms with Crippen LogP contribution in [0.25, 0.3) is 10.2 Å². The van der Waals surface area contributed by atoms with Gasteiger partial charge in [-0.1, -0.05) is 0 Å². The lowest BCUT2D eigenvalue weighted by molar-refractivity contribution is 0.206. The van der Waals surface area contributed by atoms with Crippen molar-refractivity contribution in [2.45, 2.75) is 6.10 Å². The van der Waals surface area contributed by atoms with Crippen LogP contribution >= 0.6 is 11.3 Å². The normalized spacial score (nSPS) is 13.1. The molecule has 0 saturated carbocycles. The summed E-state index contributed by atoms with van der Waals surface area (Å²) >= 11 is 1.62. The number of aliphatic hydroxyl groups is 1. The van der Waals surface area contributed by atoms with Gasteiger partial charge in [0.1, 0.15) is 11.9 Å². The molecule has 17 heavy (non-hydrogen) atoms. The number of pyridine rings is 1. The highest BCUT2D eigenvalue weighted by Crippen LogP contribution is 2.25. The van der Waals surface area contributed by atoms with Crippen LogP contribution in [0.1, 0.15) is 17.5 Å². The molecule has 3 aromatic rings. The van der Waals surface area contributed by atoms with Gasteiger partial charge >= 0.3 is 0 Å². The summed E-state index contributed by atoms with van der Waals surface area (Å²) in [6, 6.07) is 3.93. The molecular formula is C12H11N3OS. The van der Waals surface area contributed by atoms with Gasteiger partial charge in [0.05, 0.1) is 10.2 Å². The van der Waals surface area contributed by atoms with Crippen molar-refractivity contribution in [3.63, 3.8) is 0 Å². The van der Waals surface area contributed by atoms with Crippen molar-refractivity contribution in [3.05, 3.63) is 47.5 Å². The van der Waals surface area contributed by atoms with Crippen LogP contribution in [0.15, 0.2) is 36.1 Å². The van der Waals surface area contributed by atoms with Gasteiger partial charge in [0.15, 0.2) is 0 Å². The van der Waals surface area contributed by atoms with Crippen LogP contribution in [0.4, 0.5) is 0 Å². The molecule has 0 amide bonds. The number of rotatable bonds is 2. The second kappa shape index (κ2) is 3.94. The predicted molar refractivity (Wildman–Crippen MR) is 66.9 cm³/mol. The van der Waals surface area contributed by atoms with Gasteiger partial charge in [-0.2, -0.15) is 0 Å². The second-order valence-electron chi connectivity index (χ2n) is 3.87. The standard InChI is InChI=1S/C12H11N3OS/c1-15-4-3-13-12(15)11(16)8-6-10-9(14-7-8)2-5-17-10/h2-7,11,16H,1H3. The summed E-state index contributed by atoms with van der Waals surface area (Å²) in [4.78, 5) is 8.46. The summed E-state index contributed by atoms with van der Waals surface area (Å²) < 4.78 is 2.89. The number of aromatic nitrogens is 3. The third kappa shape index (κ3) is 1.73. The van der Waals surface area contributed by atoms with Crippen molar-refractivity contribution < 1.29 is 5.11 Å². The maximum atomic E-state index is 10.2. The van der Waals surface area contributed by atoms with Gasteiger partial charge < -0.3 is 9.67 Å². The van der Waals surface area contributed by atoms with Crippen LogP contribution in [-0.2, 0) is 7.05 Å². The van der Waals surface area contributed by atoms with E-state index in [2.05, 4.69) is 9.97 Å². The summed E-state index contributed by atoms with van der Waals surface area (Å²) in [5, 5.41) is 12.2. The lowest BCUT2D eigenvalue weighted by atomic mass is 10.1. The summed E-state index contributed by atoms with van der Waals surface area (Å²) in [6.45, 7) is 0. The molecule has 0 aliphatic heterocycles. The number of hydrogen-bond donors (Lipinski definition) is 1. The number of aliphatic hydroxyl groups excluding tert-OH is 1. The molecule has 0 radical (unpaired) electrons. The summed E-state index contributed by atoms with van der Waals surface area (Å²) in [7, 11) is 1.86. The van der Waals surface area contributed by atoms with Crippen molar-refractivity contribution in [1.29, 1.82) is 0 Å². The Morgan fingerprint density at radius 2 is 2.29 bits per heavy atom. The fourth-order valence-electron chi connectivity index (χ4n) is 1.80. The Morgan fingerprint density at radius 1 is 1.41 bits per heavy atom. The first-order chi connectivity index (χ1) is 8.25. The molecule has 4 nitrogen and oxygen atoms in total. The van der Waals surface area contributed by atoms with Crippen LogP contribution in [0, 0.1) is 0 Å². The Kier molecular flexibility index (Phi) is 2.42. The highest BCUT2D eigenvalue weighted by Gasteiger charge is 2.15.